The maximum Gasteiger partial charge on any atom is 0.274 e. The standard InChI is InChI=1S/C12H18N2O2/c1-16-11-7-3-2-6-10(11)14-8-4-5-9(13)12(14)15/h4-5,8,10-11H,2-3,6-7,13H2,1H3/t10-,11+/m0/s1. The molecule has 1 aromatic heterocycles. The highest BCUT2D eigenvalue weighted by molar-refractivity contribution is 5.33. The summed E-state index contributed by atoms with van der Waals surface area (Å²) in [5.74, 6) is 0. The van der Waals surface area contributed by atoms with Gasteiger partial charge in [-0.05, 0) is 25.0 Å². The number of nitrogens with zero attached hydrogens (tertiary/aromatic N) is 1. The Balaban J connectivity index is 2.34. The van der Waals surface area contributed by atoms with Crippen LogP contribution in [0.25, 0.3) is 0 Å². The fraction of sp³-hybridized carbons (Fsp3) is 0.583. The molecule has 1 aromatic rings. The summed E-state index contributed by atoms with van der Waals surface area (Å²) in [7, 11) is 1.71. The molecule has 0 spiro atoms. The van der Waals surface area contributed by atoms with Crippen molar-refractivity contribution in [1.29, 1.82) is 0 Å². The molecule has 1 heterocycles. The normalized spacial score (nSPS) is 25.6. The van der Waals surface area contributed by atoms with Crippen molar-refractivity contribution in [1.82, 2.24) is 4.57 Å². The van der Waals surface area contributed by atoms with Gasteiger partial charge in [0.25, 0.3) is 5.56 Å². The Hall–Kier alpha value is -1.29. The first-order valence-electron chi connectivity index (χ1n) is 5.73. The minimum atomic E-state index is -0.101. The summed E-state index contributed by atoms with van der Waals surface area (Å²) in [5, 5.41) is 0. The van der Waals surface area contributed by atoms with Gasteiger partial charge in [-0.3, -0.25) is 4.79 Å². The predicted molar refractivity (Wildman–Crippen MR) is 63.4 cm³/mol. The van der Waals surface area contributed by atoms with E-state index in [1.165, 1.54) is 6.42 Å². The maximum absolute atomic E-state index is 11.9. The Morgan fingerprint density at radius 1 is 1.44 bits per heavy atom. The highest BCUT2D eigenvalue weighted by Gasteiger charge is 2.27. The number of ether oxygens (including phenoxy) is 1. The van der Waals surface area contributed by atoms with E-state index in [0.717, 1.165) is 19.3 Å². The van der Waals surface area contributed by atoms with Gasteiger partial charge in [-0.15, -0.1) is 0 Å². The van der Waals surface area contributed by atoms with Crippen LogP contribution in [-0.4, -0.2) is 17.8 Å². The van der Waals surface area contributed by atoms with Crippen LogP contribution < -0.4 is 11.3 Å². The Labute approximate surface area is 95.0 Å². The predicted octanol–water partition coefficient (Wildman–Crippen LogP) is 1.56. The summed E-state index contributed by atoms with van der Waals surface area (Å²) in [5.41, 5.74) is 5.85. The lowest BCUT2D eigenvalue weighted by Crippen LogP contribution is -2.36. The second-order valence-corrected chi connectivity index (χ2v) is 4.30. The zero-order chi connectivity index (χ0) is 11.5. The minimum absolute atomic E-state index is 0.101. The van der Waals surface area contributed by atoms with Gasteiger partial charge in [0.15, 0.2) is 0 Å². The zero-order valence-electron chi connectivity index (χ0n) is 9.56. The van der Waals surface area contributed by atoms with E-state index in [0.29, 0.717) is 5.69 Å². The van der Waals surface area contributed by atoms with E-state index in [1.807, 2.05) is 6.07 Å². The molecule has 0 unspecified atom stereocenters. The Morgan fingerprint density at radius 2 is 2.19 bits per heavy atom. The highest BCUT2D eigenvalue weighted by Crippen LogP contribution is 2.29. The van der Waals surface area contributed by atoms with Crippen LogP contribution in [0.4, 0.5) is 5.69 Å². The first-order valence-corrected chi connectivity index (χ1v) is 5.73. The van der Waals surface area contributed by atoms with Crippen LogP contribution in [0, 0.1) is 0 Å². The van der Waals surface area contributed by atoms with E-state index in [4.69, 9.17) is 10.5 Å². The summed E-state index contributed by atoms with van der Waals surface area (Å²) >= 11 is 0. The number of nitrogen functional groups attached to an aromatic ring is 1. The number of anilines is 1. The molecule has 4 nitrogen and oxygen atoms in total. The molecule has 1 aliphatic carbocycles. The summed E-state index contributed by atoms with van der Waals surface area (Å²) in [6, 6.07) is 3.59. The molecular weight excluding hydrogens is 204 g/mol. The minimum Gasteiger partial charge on any atom is -0.394 e. The van der Waals surface area contributed by atoms with Crippen molar-refractivity contribution in [2.45, 2.75) is 37.8 Å². The quantitative estimate of drug-likeness (QED) is 0.826. The molecule has 2 atom stereocenters. The van der Waals surface area contributed by atoms with Crippen LogP contribution in [-0.2, 0) is 4.74 Å². The van der Waals surface area contributed by atoms with Gasteiger partial charge in [0.1, 0.15) is 0 Å². The molecule has 1 aliphatic rings. The van der Waals surface area contributed by atoms with Crippen LogP contribution in [0.1, 0.15) is 31.7 Å². The lowest BCUT2D eigenvalue weighted by Gasteiger charge is -2.31. The van der Waals surface area contributed by atoms with Gasteiger partial charge in [-0.25, -0.2) is 0 Å². The van der Waals surface area contributed by atoms with Gasteiger partial charge in [0, 0.05) is 13.3 Å². The largest absolute Gasteiger partial charge is 0.394 e. The van der Waals surface area contributed by atoms with Gasteiger partial charge in [-0.1, -0.05) is 12.8 Å². The summed E-state index contributed by atoms with van der Waals surface area (Å²) in [6.45, 7) is 0. The second-order valence-electron chi connectivity index (χ2n) is 4.30. The molecule has 0 aliphatic heterocycles. The number of hydrogen-bond donors (Lipinski definition) is 1. The van der Waals surface area contributed by atoms with Crippen molar-refractivity contribution in [3.8, 4) is 0 Å². The van der Waals surface area contributed by atoms with Gasteiger partial charge in [-0.2, -0.15) is 0 Å². The van der Waals surface area contributed by atoms with Crippen molar-refractivity contribution in [2.24, 2.45) is 0 Å². The van der Waals surface area contributed by atoms with Gasteiger partial charge < -0.3 is 15.0 Å². The van der Waals surface area contributed by atoms with E-state index in [-0.39, 0.29) is 17.7 Å². The van der Waals surface area contributed by atoms with E-state index in [1.54, 1.807) is 23.9 Å². The second kappa shape index (κ2) is 4.70. The van der Waals surface area contributed by atoms with Crippen molar-refractivity contribution in [2.75, 3.05) is 12.8 Å². The van der Waals surface area contributed by atoms with E-state index in [2.05, 4.69) is 0 Å². The smallest absolute Gasteiger partial charge is 0.274 e. The van der Waals surface area contributed by atoms with Crippen molar-refractivity contribution in [3.63, 3.8) is 0 Å². The van der Waals surface area contributed by atoms with Gasteiger partial charge in [0.05, 0.1) is 17.8 Å². The molecular formula is C12H18N2O2. The Bertz CT molecular complexity index is 414. The van der Waals surface area contributed by atoms with E-state index in [9.17, 15) is 4.79 Å². The fourth-order valence-electron chi connectivity index (χ4n) is 2.46. The summed E-state index contributed by atoms with van der Waals surface area (Å²) < 4.78 is 7.18. The zero-order valence-corrected chi connectivity index (χ0v) is 9.56. The average molecular weight is 222 g/mol. The molecule has 0 bridgehead atoms. The lowest BCUT2D eigenvalue weighted by atomic mass is 9.92. The number of pyridine rings is 1. The molecule has 0 saturated heterocycles. The molecule has 16 heavy (non-hydrogen) atoms. The number of methoxy groups -OCH3 is 1. The molecule has 2 N–H and O–H groups in total. The van der Waals surface area contributed by atoms with Crippen molar-refractivity contribution >= 4 is 5.69 Å². The number of hydrogen-bond acceptors (Lipinski definition) is 3. The van der Waals surface area contributed by atoms with Crippen molar-refractivity contribution in [3.05, 3.63) is 28.7 Å². The summed E-state index contributed by atoms with van der Waals surface area (Å²) in [6.07, 6.45) is 6.26. The monoisotopic (exact) mass is 222 g/mol. The molecule has 4 heteroatoms. The van der Waals surface area contributed by atoms with E-state index < -0.39 is 0 Å². The number of aromatic nitrogens is 1. The molecule has 88 valence electrons. The van der Waals surface area contributed by atoms with Crippen LogP contribution >= 0.6 is 0 Å². The third-order valence-electron chi connectivity index (χ3n) is 3.33. The number of nitrogens with two attached hydrogens (primary N) is 1. The molecule has 0 aromatic carbocycles. The Morgan fingerprint density at radius 3 is 2.94 bits per heavy atom. The van der Waals surface area contributed by atoms with Gasteiger partial charge >= 0.3 is 0 Å². The Kier molecular flexibility index (Phi) is 3.29. The first kappa shape index (κ1) is 11.2. The van der Waals surface area contributed by atoms with Crippen LogP contribution in [0.15, 0.2) is 23.1 Å². The third-order valence-corrected chi connectivity index (χ3v) is 3.33. The lowest BCUT2D eigenvalue weighted by molar-refractivity contribution is 0.0278. The molecule has 1 fully saturated rings. The average Bonchev–Trinajstić information content (AvgIpc) is 2.33. The van der Waals surface area contributed by atoms with Gasteiger partial charge in [0.2, 0.25) is 0 Å². The SMILES string of the molecule is CO[C@@H]1CCCC[C@@H]1n1cccc(N)c1=O. The fourth-order valence-corrected chi connectivity index (χ4v) is 2.46. The topological polar surface area (TPSA) is 57.2 Å². The molecule has 2 rings (SSSR count). The van der Waals surface area contributed by atoms with Crippen LogP contribution in [0.2, 0.25) is 0 Å². The summed E-state index contributed by atoms with van der Waals surface area (Å²) in [4.78, 5) is 11.9. The molecule has 1 saturated carbocycles. The van der Waals surface area contributed by atoms with Crippen LogP contribution in [0.5, 0.6) is 0 Å². The first-order chi connectivity index (χ1) is 7.74. The van der Waals surface area contributed by atoms with Crippen molar-refractivity contribution < 1.29 is 4.74 Å². The highest BCUT2D eigenvalue weighted by atomic mass is 16.5. The van der Waals surface area contributed by atoms with E-state index >= 15 is 0 Å². The third kappa shape index (κ3) is 1.97. The maximum atomic E-state index is 11.9. The number of rotatable bonds is 2. The van der Waals surface area contributed by atoms with Crippen LogP contribution in [0.3, 0.4) is 0 Å². The molecule has 0 radical (unpaired) electrons. The molecule has 0 amide bonds.